The molecule has 2 heterocycles. The molecule has 0 aromatic carbocycles. The van der Waals surface area contributed by atoms with Crippen LogP contribution in [0.4, 0.5) is 0 Å². The summed E-state index contributed by atoms with van der Waals surface area (Å²) in [5.74, 6) is 0. The normalized spacial score (nSPS) is 27.4. The third-order valence-corrected chi connectivity index (χ3v) is 5.45. The van der Waals surface area contributed by atoms with Crippen LogP contribution in [0.1, 0.15) is 50.4 Å². The van der Waals surface area contributed by atoms with Gasteiger partial charge in [-0.1, -0.05) is 13.0 Å². The first-order chi connectivity index (χ1) is 9.16. The van der Waals surface area contributed by atoms with E-state index in [0.29, 0.717) is 6.04 Å². The van der Waals surface area contributed by atoms with Crippen LogP contribution in [-0.4, -0.2) is 29.0 Å². The molecule has 1 aliphatic heterocycles. The lowest BCUT2D eigenvalue weighted by atomic mass is 9.73. The van der Waals surface area contributed by atoms with Gasteiger partial charge in [0.05, 0.1) is 0 Å². The van der Waals surface area contributed by atoms with Gasteiger partial charge in [-0.15, -0.1) is 0 Å². The highest BCUT2D eigenvalue weighted by molar-refractivity contribution is 5.33. The van der Waals surface area contributed by atoms with E-state index in [1.165, 1.54) is 43.6 Å². The molecule has 1 aliphatic carbocycles. The summed E-state index contributed by atoms with van der Waals surface area (Å²) in [6.45, 7) is 6.99. The Hall–Kier alpha value is -0.930. The third kappa shape index (κ3) is 2.09. The molecule has 1 saturated heterocycles. The van der Waals surface area contributed by atoms with Gasteiger partial charge in [0.15, 0.2) is 0 Å². The Morgan fingerprint density at radius 2 is 2.21 bits per heavy atom. The van der Waals surface area contributed by atoms with Crippen molar-refractivity contribution in [2.45, 2.75) is 51.6 Å². The Labute approximate surface area is 116 Å². The van der Waals surface area contributed by atoms with Crippen LogP contribution in [0.5, 0.6) is 0 Å². The van der Waals surface area contributed by atoms with Crippen molar-refractivity contribution in [1.82, 2.24) is 9.88 Å². The van der Waals surface area contributed by atoms with Crippen LogP contribution in [-0.2, 0) is 6.42 Å². The Morgan fingerprint density at radius 1 is 1.47 bits per heavy atom. The van der Waals surface area contributed by atoms with Gasteiger partial charge in [0.25, 0.3) is 0 Å². The monoisotopic (exact) mass is 259 g/mol. The first-order valence-electron chi connectivity index (χ1n) is 7.60. The average molecular weight is 259 g/mol. The van der Waals surface area contributed by atoms with Gasteiger partial charge >= 0.3 is 0 Å². The van der Waals surface area contributed by atoms with Crippen molar-refractivity contribution in [3.63, 3.8) is 0 Å². The van der Waals surface area contributed by atoms with Crippen molar-refractivity contribution in [1.29, 1.82) is 0 Å². The summed E-state index contributed by atoms with van der Waals surface area (Å²) >= 11 is 0. The minimum atomic E-state index is 0.190. The van der Waals surface area contributed by atoms with Gasteiger partial charge in [0, 0.05) is 24.0 Å². The van der Waals surface area contributed by atoms with Gasteiger partial charge < -0.3 is 10.6 Å². The van der Waals surface area contributed by atoms with Gasteiger partial charge in [-0.05, 0) is 62.7 Å². The van der Waals surface area contributed by atoms with E-state index in [9.17, 15) is 0 Å². The number of hydrogen-bond acceptors (Lipinski definition) is 3. The zero-order chi connectivity index (χ0) is 13.5. The molecule has 19 heavy (non-hydrogen) atoms. The molecule has 0 amide bonds. The number of nitrogens with two attached hydrogens (primary N) is 1. The van der Waals surface area contributed by atoms with Gasteiger partial charge in [-0.3, -0.25) is 4.98 Å². The highest BCUT2D eigenvalue weighted by Crippen LogP contribution is 2.50. The van der Waals surface area contributed by atoms with E-state index >= 15 is 0 Å². The molecule has 0 radical (unpaired) electrons. The van der Waals surface area contributed by atoms with Crippen molar-refractivity contribution in [3.05, 3.63) is 29.6 Å². The van der Waals surface area contributed by atoms with E-state index in [2.05, 4.69) is 29.8 Å². The summed E-state index contributed by atoms with van der Waals surface area (Å²) < 4.78 is 0. The maximum Gasteiger partial charge on any atom is 0.0457 e. The molecular formula is C16H25N3. The number of nitrogens with zero attached hydrogens (tertiary/aromatic N) is 2. The molecule has 2 N–H and O–H groups in total. The van der Waals surface area contributed by atoms with Gasteiger partial charge in [0.2, 0.25) is 0 Å². The summed E-state index contributed by atoms with van der Waals surface area (Å²) in [6.07, 6.45) is 6.65. The number of aromatic nitrogens is 1. The third-order valence-electron chi connectivity index (χ3n) is 5.45. The molecule has 1 spiro atoms. The lowest BCUT2D eigenvalue weighted by molar-refractivity contribution is 0.0649. The highest BCUT2D eigenvalue weighted by atomic mass is 15.2. The molecule has 1 unspecified atom stereocenters. The molecule has 1 fully saturated rings. The molecule has 3 rings (SSSR count). The number of hydrogen-bond donors (Lipinski definition) is 1. The van der Waals surface area contributed by atoms with Crippen LogP contribution in [0.25, 0.3) is 0 Å². The van der Waals surface area contributed by atoms with E-state index in [1.54, 1.807) is 0 Å². The van der Waals surface area contributed by atoms with Crippen LogP contribution >= 0.6 is 0 Å². The second-order valence-electron chi connectivity index (χ2n) is 6.35. The number of piperidine rings is 1. The van der Waals surface area contributed by atoms with Crippen molar-refractivity contribution in [2.75, 3.05) is 13.1 Å². The predicted octanol–water partition coefficient (Wildman–Crippen LogP) is 2.52. The van der Waals surface area contributed by atoms with Crippen LogP contribution in [0.3, 0.4) is 0 Å². The first-order valence-corrected chi connectivity index (χ1v) is 7.60. The van der Waals surface area contributed by atoms with Crippen molar-refractivity contribution in [3.8, 4) is 0 Å². The van der Waals surface area contributed by atoms with Crippen molar-refractivity contribution < 1.29 is 0 Å². The summed E-state index contributed by atoms with van der Waals surface area (Å²) in [4.78, 5) is 7.16. The average Bonchev–Trinajstić information content (AvgIpc) is 2.72. The number of pyridine rings is 1. The molecule has 0 saturated carbocycles. The van der Waals surface area contributed by atoms with Gasteiger partial charge in [-0.2, -0.15) is 0 Å². The second-order valence-corrected chi connectivity index (χ2v) is 6.35. The molecule has 1 aromatic rings. The Morgan fingerprint density at radius 3 is 2.84 bits per heavy atom. The van der Waals surface area contributed by atoms with E-state index in [4.69, 9.17) is 5.73 Å². The van der Waals surface area contributed by atoms with Crippen LogP contribution < -0.4 is 5.73 Å². The highest BCUT2D eigenvalue weighted by Gasteiger charge is 2.46. The molecule has 3 nitrogen and oxygen atoms in total. The molecule has 2 aliphatic rings. The number of fused-ring (bicyclic) bond motifs is 1. The van der Waals surface area contributed by atoms with Gasteiger partial charge in [0.1, 0.15) is 0 Å². The molecule has 1 aromatic heterocycles. The molecule has 0 bridgehead atoms. The zero-order valence-electron chi connectivity index (χ0n) is 12.1. The molecular weight excluding hydrogens is 234 g/mol. The summed E-state index contributed by atoms with van der Waals surface area (Å²) in [6, 6.07) is 5.08. The minimum Gasteiger partial charge on any atom is -0.323 e. The SMILES string of the molecule is CCC(C)N1CCC2(CC1)Cc1ncccc1[C@@H]2N. The second kappa shape index (κ2) is 4.88. The summed E-state index contributed by atoms with van der Waals surface area (Å²) in [5.41, 5.74) is 9.36. The zero-order valence-corrected chi connectivity index (χ0v) is 12.1. The lowest BCUT2D eigenvalue weighted by Gasteiger charge is -2.44. The topological polar surface area (TPSA) is 42.2 Å². The Kier molecular flexibility index (Phi) is 3.35. The number of likely N-dealkylation sites (tertiary alicyclic amines) is 1. The van der Waals surface area contributed by atoms with Crippen LogP contribution in [0, 0.1) is 5.41 Å². The fourth-order valence-corrected chi connectivity index (χ4v) is 3.81. The van der Waals surface area contributed by atoms with Crippen LogP contribution in [0.15, 0.2) is 18.3 Å². The fourth-order valence-electron chi connectivity index (χ4n) is 3.81. The standard InChI is InChI=1S/C16H25N3/c1-3-12(2)19-9-6-16(7-10-19)11-14-13(15(16)17)5-4-8-18-14/h4-5,8,12,15H,3,6-7,9-11,17H2,1-2H3/t12?,15-/m0/s1. The van der Waals surface area contributed by atoms with Crippen molar-refractivity contribution in [2.24, 2.45) is 11.1 Å². The van der Waals surface area contributed by atoms with Crippen molar-refractivity contribution >= 4 is 0 Å². The summed E-state index contributed by atoms with van der Waals surface area (Å²) in [5, 5.41) is 0. The molecule has 3 heteroatoms. The first kappa shape index (κ1) is 13.1. The van der Waals surface area contributed by atoms with E-state index in [0.717, 1.165) is 6.42 Å². The van der Waals surface area contributed by atoms with E-state index < -0.39 is 0 Å². The largest absolute Gasteiger partial charge is 0.323 e. The maximum atomic E-state index is 6.55. The van der Waals surface area contributed by atoms with Crippen LogP contribution in [0.2, 0.25) is 0 Å². The van der Waals surface area contributed by atoms with E-state index in [1.807, 2.05) is 12.3 Å². The maximum absolute atomic E-state index is 6.55. The smallest absolute Gasteiger partial charge is 0.0457 e. The Bertz CT molecular complexity index is 449. The Balaban J connectivity index is 1.75. The molecule has 104 valence electrons. The van der Waals surface area contributed by atoms with Gasteiger partial charge in [-0.25, -0.2) is 0 Å². The molecule has 2 atom stereocenters. The fraction of sp³-hybridized carbons (Fsp3) is 0.688. The lowest BCUT2D eigenvalue weighted by Crippen LogP contribution is -2.47. The quantitative estimate of drug-likeness (QED) is 0.887. The predicted molar refractivity (Wildman–Crippen MR) is 77.9 cm³/mol. The summed E-state index contributed by atoms with van der Waals surface area (Å²) in [7, 11) is 0. The van der Waals surface area contributed by atoms with E-state index in [-0.39, 0.29) is 11.5 Å². The number of rotatable bonds is 2. The minimum absolute atomic E-state index is 0.190.